The zero-order valence-corrected chi connectivity index (χ0v) is 10.7. The molecule has 0 heterocycles. The summed E-state index contributed by atoms with van der Waals surface area (Å²) < 4.78 is 5.18. The van der Waals surface area contributed by atoms with Gasteiger partial charge in [-0.2, -0.15) is 0 Å². The average molecular weight is 249 g/mol. The van der Waals surface area contributed by atoms with E-state index in [0.717, 1.165) is 24.1 Å². The molecular weight excluding hydrogens is 230 g/mol. The molecule has 0 radical (unpaired) electrons. The SMILES string of the molecule is COC1CC(NC(=O)c2ccc(NN)c(C)c2)C1. The number of nitrogen functional groups attached to an aromatic ring is 1. The van der Waals surface area contributed by atoms with Crippen molar-refractivity contribution in [1.29, 1.82) is 0 Å². The lowest BCUT2D eigenvalue weighted by Gasteiger charge is -2.34. The lowest BCUT2D eigenvalue weighted by atomic mass is 9.89. The molecule has 5 heteroatoms. The molecule has 1 aromatic rings. The largest absolute Gasteiger partial charge is 0.381 e. The van der Waals surface area contributed by atoms with Crippen LogP contribution in [0.25, 0.3) is 0 Å². The molecule has 1 aliphatic rings. The third-order valence-corrected chi connectivity index (χ3v) is 3.41. The van der Waals surface area contributed by atoms with Gasteiger partial charge >= 0.3 is 0 Å². The predicted molar refractivity (Wildman–Crippen MR) is 70.3 cm³/mol. The molecule has 98 valence electrons. The van der Waals surface area contributed by atoms with Crippen molar-refractivity contribution in [2.45, 2.75) is 31.9 Å². The van der Waals surface area contributed by atoms with Gasteiger partial charge in [-0.3, -0.25) is 10.6 Å². The minimum Gasteiger partial charge on any atom is -0.381 e. The van der Waals surface area contributed by atoms with E-state index in [1.54, 1.807) is 13.2 Å². The van der Waals surface area contributed by atoms with Crippen LogP contribution in [0.4, 0.5) is 5.69 Å². The summed E-state index contributed by atoms with van der Waals surface area (Å²) in [6.45, 7) is 1.91. The van der Waals surface area contributed by atoms with Crippen LogP contribution in [0.15, 0.2) is 18.2 Å². The number of aryl methyl sites for hydroxylation is 1. The highest BCUT2D eigenvalue weighted by atomic mass is 16.5. The highest BCUT2D eigenvalue weighted by Gasteiger charge is 2.30. The molecule has 0 saturated heterocycles. The monoisotopic (exact) mass is 249 g/mol. The number of hydrazine groups is 1. The van der Waals surface area contributed by atoms with Crippen molar-refractivity contribution in [2.75, 3.05) is 12.5 Å². The first-order valence-corrected chi connectivity index (χ1v) is 6.05. The van der Waals surface area contributed by atoms with Crippen LogP contribution in [0, 0.1) is 6.92 Å². The van der Waals surface area contributed by atoms with Crippen LogP contribution in [0.3, 0.4) is 0 Å². The van der Waals surface area contributed by atoms with E-state index < -0.39 is 0 Å². The van der Waals surface area contributed by atoms with E-state index >= 15 is 0 Å². The summed E-state index contributed by atoms with van der Waals surface area (Å²) in [4.78, 5) is 12.0. The third kappa shape index (κ3) is 2.63. The van der Waals surface area contributed by atoms with Crippen molar-refractivity contribution in [3.63, 3.8) is 0 Å². The Kier molecular flexibility index (Phi) is 3.84. The standard InChI is InChI=1S/C13H19N3O2/c1-8-5-9(3-4-12(8)16-14)13(17)15-10-6-11(7-10)18-2/h3-5,10-11,16H,6-7,14H2,1-2H3,(H,15,17). The number of anilines is 1. The Labute approximate surface area is 107 Å². The normalized spacial score (nSPS) is 22.2. The van der Waals surface area contributed by atoms with Gasteiger partial charge in [0.05, 0.1) is 11.8 Å². The predicted octanol–water partition coefficient (Wildman–Crippen LogP) is 1.19. The van der Waals surface area contributed by atoms with Gasteiger partial charge in [0.1, 0.15) is 0 Å². The molecule has 0 aromatic heterocycles. The van der Waals surface area contributed by atoms with Gasteiger partial charge in [-0.15, -0.1) is 0 Å². The molecule has 0 atom stereocenters. The Morgan fingerprint density at radius 1 is 1.44 bits per heavy atom. The van der Waals surface area contributed by atoms with Crippen molar-refractivity contribution in [1.82, 2.24) is 5.32 Å². The molecule has 0 bridgehead atoms. The molecule has 0 unspecified atom stereocenters. The Morgan fingerprint density at radius 3 is 2.72 bits per heavy atom. The van der Waals surface area contributed by atoms with Gasteiger partial charge in [-0.05, 0) is 43.5 Å². The van der Waals surface area contributed by atoms with Crippen molar-refractivity contribution >= 4 is 11.6 Å². The highest BCUT2D eigenvalue weighted by molar-refractivity contribution is 5.95. The van der Waals surface area contributed by atoms with Crippen LogP contribution < -0.4 is 16.6 Å². The maximum absolute atomic E-state index is 12.0. The van der Waals surface area contributed by atoms with Crippen molar-refractivity contribution in [2.24, 2.45) is 5.84 Å². The maximum atomic E-state index is 12.0. The van der Waals surface area contributed by atoms with Crippen LogP contribution in [0.2, 0.25) is 0 Å². The van der Waals surface area contributed by atoms with E-state index in [-0.39, 0.29) is 11.9 Å². The molecule has 1 aromatic carbocycles. The summed E-state index contributed by atoms with van der Waals surface area (Å²) in [5.74, 6) is 5.31. The molecule has 18 heavy (non-hydrogen) atoms. The second-order valence-corrected chi connectivity index (χ2v) is 4.67. The molecule has 5 nitrogen and oxygen atoms in total. The van der Waals surface area contributed by atoms with E-state index in [1.165, 1.54) is 0 Å². The molecule has 0 spiro atoms. The zero-order chi connectivity index (χ0) is 13.1. The Bertz CT molecular complexity index is 442. The summed E-state index contributed by atoms with van der Waals surface area (Å²) in [5, 5.41) is 2.99. The van der Waals surface area contributed by atoms with E-state index in [9.17, 15) is 4.79 Å². The first kappa shape index (κ1) is 12.9. The number of benzene rings is 1. The quantitative estimate of drug-likeness (QED) is 0.553. The second kappa shape index (κ2) is 5.37. The van der Waals surface area contributed by atoms with Crippen LogP contribution in [0.1, 0.15) is 28.8 Å². The van der Waals surface area contributed by atoms with Crippen molar-refractivity contribution in [3.05, 3.63) is 29.3 Å². The van der Waals surface area contributed by atoms with Crippen LogP contribution >= 0.6 is 0 Å². The number of amides is 1. The van der Waals surface area contributed by atoms with E-state index in [0.29, 0.717) is 11.7 Å². The number of nitrogens with one attached hydrogen (secondary N) is 2. The smallest absolute Gasteiger partial charge is 0.251 e. The fraction of sp³-hybridized carbons (Fsp3) is 0.462. The van der Waals surface area contributed by atoms with Crippen LogP contribution in [0.5, 0.6) is 0 Å². The van der Waals surface area contributed by atoms with E-state index in [1.807, 2.05) is 19.1 Å². The first-order valence-electron chi connectivity index (χ1n) is 6.05. The number of carbonyl (C=O) groups is 1. The number of rotatable bonds is 4. The van der Waals surface area contributed by atoms with Gasteiger partial charge in [-0.25, -0.2) is 0 Å². The average Bonchev–Trinajstić information content (AvgIpc) is 2.32. The second-order valence-electron chi connectivity index (χ2n) is 4.67. The van der Waals surface area contributed by atoms with Crippen LogP contribution in [-0.2, 0) is 4.74 Å². The number of hydrogen-bond donors (Lipinski definition) is 3. The summed E-state index contributed by atoms with van der Waals surface area (Å²) in [7, 11) is 1.70. The molecule has 1 saturated carbocycles. The van der Waals surface area contributed by atoms with Gasteiger partial charge in [0, 0.05) is 18.7 Å². The summed E-state index contributed by atoms with van der Waals surface area (Å²) >= 11 is 0. The van der Waals surface area contributed by atoms with Gasteiger partial charge in [0.15, 0.2) is 0 Å². The topological polar surface area (TPSA) is 76.4 Å². The Morgan fingerprint density at radius 2 is 2.17 bits per heavy atom. The lowest BCUT2D eigenvalue weighted by Crippen LogP contribution is -2.47. The summed E-state index contributed by atoms with van der Waals surface area (Å²) in [6, 6.07) is 5.64. The van der Waals surface area contributed by atoms with Gasteiger partial charge in [0.25, 0.3) is 5.91 Å². The molecule has 2 rings (SSSR count). The van der Waals surface area contributed by atoms with Gasteiger partial charge in [-0.1, -0.05) is 0 Å². The fourth-order valence-corrected chi connectivity index (χ4v) is 2.11. The first-order chi connectivity index (χ1) is 8.63. The number of hydrogen-bond acceptors (Lipinski definition) is 4. The minimum absolute atomic E-state index is 0.0405. The minimum atomic E-state index is -0.0405. The Hall–Kier alpha value is -1.59. The number of nitrogens with two attached hydrogens (primary N) is 1. The Balaban J connectivity index is 1.95. The number of ether oxygens (including phenoxy) is 1. The molecule has 1 aliphatic carbocycles. The third-order valence-electron chi connectivity index (χ3n) is 3.41. The number of carbonyl (C=O) groups excluding carboxylic acids is 1. The summed E-state index contributed by atoms with van der Waals surface area (Å²) in [5.41, 5.74) is 5.03. The van der Waals surface area contributed by atoms with Crippen molar-refractivity contribution in [3.8, 4) is 0 Å². The fourth-order valence-electron chi connectivity index (χ4n) is 2.11. The molecular formula is C13H19N3O2. The molecule has 4 N–H and O–H groups in total. The zero-order valence-electron chi connectivity index (χ0n) is 10.7. The molecule has 1 amide bonds. The van der Waals surface area contributed by atoms with Crippen LogP contribution in [-0.4, -0.2) is 25.2 Å². The van der Waals surface area contributed by atoms with E-state index in [4.69, 9.17) is 10.6 Å². The van der Waals surface area contributed by atoms with Gasteiger partial charge < -0.3 is 15.5 Å². The van der Waals surface area contributed by atoms with Crippen molar-refractivity contribution < 1.29 is 9.53 Å². The van der Waals surface area contributed by atoms with E-state index in [2.05, 4.69) is 10.7 Å². The van der Waals surface area contributed by atoms with Gasteiger partial charge in [0.2, 0.25) is 0 Å². The molecule has 1 fully saturated rings. The summed E-state index contributed by atoms with van der Waals surface area (Å²) in [6.07, 6.45) is 2.08. The molecule has 0 aliphatic heterocycles. The number of methoxy groups -OCH3 is 1. The maximum Gasteiger partial charge on any atom is 0.251 e. The lowest BCUT2D eigenvalue weighted by molar-refractivity contribution is 0.0176. The highest BCUT2D eigenvalue weighted by Crippen LogP contribution is 2.23.